The van der Waals surface area contributed by atoms with Gasteiger partial charge in [0.1, 0.15) is 6.04 Å². The van der Waals surface area contributed by atoms with Crippen molar-refractivity contribution < 1.29 is 9.59 Å². The number of pyridine rings is 1. The number of hydrogen-bond donors (Lipinski definition) is 2. The first kappa shape index (κ1) is 18.6. The lowest BCUT2D eigenvalue weighted by Crippen LogP contribution is -2.47. The highest BCUT2D eigenvalue weighted by atomic mass is 16.2. The topological polar surface area (TPSA) is 71.1 Å². The van der Waals surface area contributed by atoms with E-state index < -0.39 is 6.04 Å². The molecular weight excluding hydrogens is 314 g/mol. The number of aryl methyl sites for hydroxylation is 1. The molecule has 0 bridgehead atoms. The normalized spacial score (nSPS) is 11.8. The first-order valence-electron chi connectivity index (χ1n) is 8.50. The Hall–Kier alpha value is -2.69. The van der Waals surface area contributed by atoms with Crippen molar-refractivity contribution in [1.82, 2.24) is 15.6 Å². The van der Waals surface area contributed by atoms with Crippen LogP contribution in [0.15, 0.2) is 48.8 Å². The van der Waals surface area contributed by atoms with Crippen molar-refractivity contribution in [3.05, 3.63) is 65.5 Å². The number of amides is 2. The molecule has 0 spiro atoms. The highest BCUT2D eigenvalue weighted by molar-refractivity contribution is 5.97. The van der Waals surface area contributed by atoms with E-state index in [-0.39, 0.29) is 17.7 Å². The zero-order valence-corrected chi connectivity index (χ0v) is 15.0. The molecule has 0 fully saturated rings. The zero-order chi connectivity index (χ0) is 18.2. The number of nitrogens with one attached hydrogen (secondary N) is 2. The van der Waals surface area contributed by atoms with Crippen molar-refractivity contribution in [3.8, 4) is 0 Å². The van der Waals surface area contributed by atoms with Crippen LogP contribution in [-0.4, -0.2) is 22.8 Å². The third-order valence-corrected chi connectivity index (χ3v) is 3.80. The lowest BCUT2D eigenvalue weighted by atomic mass is 10.0. The molecule has 0 unspecified atom stereocenters. The molecule has 0 radical (unpaired) electrons. The number of hydrogen-bond acceptors (Lipinski definition) is 3. The molecule has 1 atom stereocenters. The molecule has 0 aliphatic carbocycles. The fourth-order valence-corrected chi connectivity index (χ4v) is 2.55. The third-order valence-electron chi connectivity index (χ3n) is 3.80. The Kier molecular flexibility index (Phi) is 6.69. The van der Waals surface area contributed by atoms with Gasteiger partial charge in [-0.05, 0) is 43.0 Å². The maximum atomic E-state index is 12.5. The molecule has 5 nitrogen and oxygen atoms in total. The Balaban J connectivity index is 2.01. The van der Waals surface area contributed by atoms with Crippen molar-refractivity contribution in [1.29, 1.82) is 0 Å². The number of carbonyl (C=O) groups is 2. The summed E-state index contributed by atoms with van der Waals surface area (Å²) >= 11 is 0. The molecule has 2 N–H and O–H groups in total. The first-order chi connectivity index (χ1) is 12.0. The van der Waals surface area contributed by atoms with Crippen LogP contribution in [0.3, 0.4) is 0 Å². The number of nitrogens with zero attached hydrogens (tertiary/aromatic N) is 1. The van der Waals surface area contributed by atoms with Crippen LogP contribution in [-0.2, 0) is 11.3 Å². The molecule has 5 heteroatoms. The highest BCUT2D eigenvalue weighted by Gasteiger charge is 2.22. The summed E-state index contributed by atoms with van der Waals surface area (Å²) in [5, 5.41) is 5.74. The lowest BCUT2D eigenvalue weighted by molar-refractivity contribution is -0.123. The summed E-state index contributed by atoms with van der Waals surface area (Å²) in [5.41, 5.74) is 2.49. The predicted octanol–water partition coefficient (Wildman–Crippen LogP) is 2.85. The monoisotopic (exact) mass is 339 g/mol. The van der Waals surface area contributed by atoms with Crippen LogP contribution < -0.4 is 10.6 Å². The summed E-state index contributed by atoms with van der Waals surface area (Å²) in [7, 11) is 0. The summed E-state index contributed by atoms with van der Waals surface area (Å²) in [6, 6.07) is 10.5. The minimum absolute atomic E-state index is 0.182. The molecule has 0 saturated heterocycles. The van der Waals surface area contributed by atoms with E-state index in [9.17, 15) is 9.59 Å². The van der Waals surface area contributed by atoms with Crippen molar-refractivity contribution in [2.45, 2.75) is 39.8 Å². The molecule has 132 valence electrons. The Labute approximate surface area is 148 Å². The van der Waals surface area contributed by atoms with Crippen LogP contribution in [0.1, 0.15) is 41.8 Å². The Morgan fingerprint density at radius 3 is 2.60 bits per heavy atom. The maximum absolute atomic E-state index is 12.5. The van der Waals surface area contributed by atoms with E-state index in [0.29, 0.717) is 18.5 Å². The molecule has 0 aliphatic rings. The Morgan fingerprint density at radius 2 is 1.96 bits per heavy atom. The van der Waals surface area contributed by atoms with Crippen LogP contribution >= 0.6 is 0 Å². The molecule has 2 rings (SSSR count). The van der Waals surface area contributed by atoms with Gasteiger partial charge in [0.05, 0.1) is 0 Å². The maximum Gasteiger partial charge on any atom is 0.251 e. The second-order valence-electron chi connectivity index (χ2n) is 6.60. The summed E-state index contributed by atoms with van der Waals surface area (Å²) in [4.78, 5) is 29.0. The van der Waals surface area contributed by atoms with Gasteiger partial charge in [0.15, 0.2) is 0 Å². The van der Waals surface area contributed by atoms with Gasteiger partial charge in [0.2, 0.25) is 5.91 Å². The minimum Gasteiger partial charge on any atom is -0.350 e. The minimum atomic E-state index is -0.565. The Bertz CT molecular complexity index is 714. The van der Waals surface area contributed by atoms with Gasteiger partial charge in [-0.15, -0.1) is 0 Å². The van der Waals surface area contributed by atoms with Crippen LogP contribution in [0.25, 0.3) is 0 Å². The quantitative estimate of drug-likeness (QED) is 0.815. The standard InChI is InChI=1S/C20H25N3O2/c1-14(2)10-18(20(25)22-13-16-7-5-9-21-12-16)23-19(24)17-8-4-6-15(3)11-17/h4-9,11-12,14,18H,10,13H2,1-3H3,(H,22,25)(H,23,24)/t18-/m0/s1. The predicted molar refractivity (Wildman–Crippen MR) is 98.0 cm³/mol. The van der Waals surface area contributed by atoms with E-state index in [4.69, 9.17) is 0 Å². The van der Waals surface area contributed by atoms with Crippen LogP contribution in [0, 0.1) is 12.8 Å². The average Bonchev–Trinajstić information content (AvgIpc) is 2.59. The summed E-state index contributed by atoms with van der Waals surface area (Å²) in [6.45, 7) is 6.38. The average molecular weight is 339 g/mol. The van der Waals surface area contributed by atoms with Crippen molar-refractivity contribution in [2.24, 2.45) is 5.92 Å². The van der Waals surface area contributed by atoms with Gasteiger partial charge >= 0.3 is 0 Å². The van der Waals surface area contributed by atoms with Gasteiger partial charge in [0.25, 0.3) is 5.91 Å². The molecule has 0 saturated carbocycles. The number of aromatic nitrogens is 1. The lowest BCUT2D eigenvalue weighted by Gasteiger charge is -2.20. The second kappa shape index (κ2) is 8.97. The zero-order valence-electron chi connectivity index (χ0n) is 15.0. The summed E-state index contributed by atoms with van der Waals surface area (Å²) < 4.78 is 0. The fraction of sp³-hybridized carbons (Fsp3) is 0.350. The molecule has 2 amide bonds. The molecule has 25 heavy (non-hydrogen) atoms. The van der Waals surface area contributed by atoms with Crippen molar-refractivity contribution >= 4 is 11.8 Å². The number of carbonyl (C=O) groups excluding carboxylic acids is 2. The third kappa shape index (κ3) is 6.03. The van der Waals surface area contributed by atoms with Gasteiger partial charge < -0.3 is 10.6 Å². The van der Waals surface area contributed by atoms with Crippen LogP contribution in [0.5, 0.6) is 0 Å². The fourth-order valence-electron chi connectivity index (χ4n) is 2.55. The SMILES string of the molecule is Cc1cccc(C(=O)N[C@@H](CC(C)C)C(=O)NCc2cccnc2)c1. The molecule has 1 aromatic carbocycles. The highest BCUT2D eigenvalue weighted by Crippen LogP contribution is 2.09. The van der Waals surface area contributed by atoms with Gasteiger partial charge in [-0.1, -0.05) is 37.6 Å². The van der Waals surface area contributed by atoms with Crippen LogP contribution in [0.4, 0.5) is 0 Å². The first-order valence-corrected chi connectivity index (χ1v) is 8.50. The van der Waals surface area contributed by atoms with Crippen LogP contribution in [0.2, 0.25) is 0 Å². The summed E-state index contributed by atoms with van der Waals surface area (Å²) in [6.07, 6.45) is 3.98. The van der Waals surface area contributed by atoms with E-state index in [1.165, 1.54) is 0 Å². The molecule has 2 aromatic rings. The Morgan fingerprint density at radius 1 is 1.16 bits per heavy atom. The largest absolute Gasteiger partial charge is 0.350 e. The van der Waals surface area contributed by atoms with Gasteiger partial charge in [-0.25, -0.2) is 0 Å². The molecule has 1 aromatic heterocycles. The number of rotatable bonds is 7. The number of benzene rings is 1. The molecular formula is C20H25N3O2. The van der Waals surface area contributed by atoms with E-state index >= 15 is 0 Å². The molecule has 0 aliphatic heterocycles. The second-order valence-corrected chi connectivity index (χ2v) is 6.60. The molecule has 1 heterocycles. The van der Waals surface area contributed by atoms with Gasteiger partial charge in [-0.3, -0.25) is 14.6 Å². The van der Waals surface area contributed by atoms with Crippen molar-refractivity contribution in [3.63, 3.8) is 0 Å². The van der Waals surface area contributed by atoms with E-state index in [1.807, 2.05) is 51.1 Å². The van der Waals surface area contributed by atoms with Crippen molar-refractivity contribution in [2.75, 3.05) is 0 Å². The van der Waals surface area contributed by atoms with E-state index in [0.717, 1.165) is 11.1 Å². The summed E-state index contributed by atoms with van der Waals surface area (Å²) in [5.74, 6) is -0.128. The van der Waals surface area contributed by atoms with Gasteiger partial charge in [-0.2, -0.15) is 0 Å². The van der Waals surface area contributed by atoms with E-state index in [2.05, 4.69) is 15.6 Å². The smallest absolute Gasteiger partial charge is 0.251 e. The van der Waals surface area contributed by atoms with E-state index in [1.54, 1.807) is 18.5 Å². The van der Waals surface area contributed by atoms with Gasteiger partial charge in [0, 0.05) is 24.5 Å².